The van der Waals surface area contributed by atoms with Crippen molar-refractivity contribution >= 4 is 35.8 Å². The fraction of sp³-hybridized carbons (Fsp3) is 0.913. The topological polar surface area (TPSA) is 185 Å². The Balaban J connectivity index is 0.000000609. The van der Waals surface area contributed by atoms with Gasteiger partial charge < -0.3 is 42.6 Å². The van der Waals surface area contributed by atoms with Gasteiger partial charge in [0.1, 0.15) is 18.3 Å². The SMILES string of the molecule is C.C.C.C.C.C.CCC(C)(C)C(=O)OC1CC2CC(C(=O)OCOC3CCCCC3)C1C2.CCC(C)(C)C(=O)OC1CC2CC(C(=O)OCOCC3CCCCC3)C1C2.CCC(C)C(=O)OC1CC2CC(C(=O)OCOC3CCCCC3)C1C2. The first-order valence-electron chi connectivity index (χ1n) is 31.3. The molecule has 13 atom stereocenters. The van der Waals surface area contributed by atoms with E-state index in [4.69, 9.17) is 42.6 Å². The summed E-state index contributed by atoms with van der Waals surface area (Å²) in [6.45, 7) is 16.4. The van der Waals surface area contributed by atoms with Crippen molar-refractivity contribution in [3.05, 3.63) is 0 Å². The van der Waals surface area contributed by atoms with E-state index in [1.807, 2.05) is 55.4 Å². The van der Waals surface area contributed by atoms with Gasteiger partial charge in [-0.3, -0.25) is 28.8 Å². The van der Waals surface area contributed by atoms with Crippen LogP contribution >= 0.6 is 0 Å². The fourth-order valence-corrected chi connectivity index (χ4v) is 14.2. The Morgan fingerprint density at radius 2 is 0.762 bits per heavy atom. The molecule has 492 valence electrons. The maximum atomic E-state index is 12.5. The molecular weight excluding hydrogens is 1070 g/mol. The van der Waals surface area contributed by atoms with Gasteiger partial charge in [0.25, 0.3) is 0 Å². The molecule has 0 spiro atoms. The van der Waals surface area contributed by atoms with Gasteiger partial charge in [0.05, 0.1) is 53.3 Å². The Morgan fingerprint density at radius 3 is 1.10 bits per heavy atom. The van der Waals surface area contributed by atoms with Gasteiger partial charge in [0.2, 0.25) is 0 Å². The summed E-state index contributed by atoms with van der Waals surface area (Å²) >= 11 is 0. The summed E-state index contributed by atoms with van der Waals surface area (Å²) in [4.78, 5) is 74.4. The second-order valence-corrected chi connectivity index (χ2v) is 26.6. The average Bonchev–Trinajstić information content (AvgIpc) is 4.34. The predicted octanol–water partition coefficient (Wildman–Crippen LogP) is 16.4. The molecule has 0 aromatic rings. The Labute approximate surface area is 512 Å². The number of esters is 6. The normalized spacial score (nSPS) is 29.7. The van der Waals surface area contributed by atoms with Crippen LogP contribution in [0.5, 0.6) is 0 Å². The average molecular weight is 1200 g/mol. The van der Waals surface area contributed by atoms with Crippen LogP contribution in [0.4, 0.5) is 0 Å². The highest BCUT2D eigenvalue weighted by Crippen LogP contribution is 2.53. The molecule has 0 aromatic carbocycles. The van der Waals surface area contributed by atoms with Crippen LogP contribution in [0.1, 0.15) is 273 Å². The van der Waals surface area contributed by atoms with E-state index in [2.05, 4.69) is 0 Å². The molecule has 9 aliphatic carbocycles. The lowest BCUT2D eigenvalue weighted by Crippen LogP contribution is -2.37. The minimum absolute atomic E-state index is 0. The van der Waals surface area contributed by atoms with Crippen LogP contribution < -0.4 is 0 Å². The van der Waals surface area contributed by atoms with E-state index < -0.39 is 10.8 Å². The largest absolute Gasteiger partial charge is 0.462 e. The van der Waals surface area contributed by atoms with E-state index in [0.29, 0.717) is 30.3 Å². The van der Waals surface area contributed by atoms with Crippen LogP contribution in [0.3, 0.4) is 0 Å². The van der Waals surface area contributed by atoms with Crippen molar-refractivity contribution in [3.63, 3.8) is 0 Å². The van der Waals surface area contributed by atoms with Gasteiger partial charge >= 0.3 is 35.8 Å². The minimum atomic E-state index is -0.467. The van der Waals surface area contributed by atoms with Crippen molar-refractivity contribution < 1.29 is 71.4 Å². The Kier molecular flexibility index (Phi) is 35.2. The highest BCUT2D eigenvalue weighted by molar-refractivity contribution is 5.78. The van der Waals surface area contributed by atoms with E-state index in [1.54, 1.807) is 0 Å². The van der Waals surface area contributed by atoms with Gasteiger partial charge in [0, 0.05) is 17.8 Å². The number of hydrogen-bond donors (Lipinski definition) is 0. The quantitative estimate of drug-likeness (QED) is 0.0431. The molecule has 84 heavy (non-hydrogen) atoms. The van der Waals surface area contributed by atoms with Crippen LogP contribution in [0.15, 0.2) is 0 Å². The van der Waals surface area contributed by atoms with Crippen LogP contribution in [-0.4, -0.2) is 93.3 Å². The third-order valence-electron chi connectivity index (χ3n) is 20.3. The van der Waals surface area contributed by atoms with E-state index in [1.165, 1.54) is 70.6 Å². The van der Waals surface area contributed by atoms with Gasteiger partial charge in [-0.05, 0) is 167 Å². The second-order valence-electron chi connectivity index (χ2n) is 26.6. The first kappa shape index (κ1) is 78.7. The Bertz CT molecular complexity index is 1930. The summed E-state index contributed by atoms with van der Waals surface area (Å²) in [6, 6.07) is 0. The molecule has 0 aromatic heterocycles. The highest BCUT2D eigenvalue weighted by atomic mass is 16.7. The smallest absolute Gasteiger partial charge is 0.311 e. The monoisotopic (exact) mass is 1190 g/mol. The second kappa shape index (κ2) is 37.5. The third kappa shape index (κ3) is 21.8. The zero-order chi connectivity index (χ0) is 56.0. The molecule has 15 heteroatoms. The summed E-state index contributed by atoms with van der Waals surface area (Å²) in [5.41, 5.74) is -0.934. The lowest BCUT2D eigenvalue weighted by Gasteiger charge is -2.31. The van der Waals surface area contributed by atoms with Gasteiger partial charge in [-0.25, -0.2) is 0 Å². The summed E-state index contributed by atoms with van der Waals surface area (Å²) in [5.74, 6) is 0.922. The van der Waals surface area contributed by atoms with E-state index in [9.17, 15) is 28.8 Å². The van der Waals surface area contributed by atoms with Crippen molar-refractivity contribution in [1.82, 2.24) is 0 Å². The number of carbonyl (C=O) groups is 6. The van der Waals surface area contributed by atoms with Crippen LogP contribution in [-0.2, 0) is 71.4 Å². The van der Waals surface area contributed by atoms with Crippen molar-refractivity contribution in [3.8, 4) is 0 Å². The molecule has 0 amide bonds. The van der Waals surface area contributed by atoms with Gasteiger partial charge in [0.15, 0.2) is 20.4 Å². The van der Waals surface area contributed by atoms with Crippen molar-refractivity contribution in [2.45, 2.75) is 304 Å². The minimum Gasteiger partial charge on any atom is -0.462 e. The molecule has 9 aliphatic rings. The molecular formula is C69H126O15. The number of rotatable bonds is 22. The maximum absolute atomic E-state index is 12.5. The van der Waals surface area contributed by atoms with Crippen molar-refractivity contribution in [2.75, 3.05) is 27.0 Å². The molecule has 9 fully saturated rings. The van der Waals surface area contributed by atoms with E-state index >= 15 is 0 Å². The molecule has 9 rings (SSSR count). The zero-order valence-corrected chi connectivity index (χ0v) is 49.3. The Morgan fingerprint density at radius 1 is 0.429 bits per heavy atom. The highest BCUT2D eigenvalue weighted by Gasteiger charge is 2.54. The predicted molar refractivity (Wildman–Crippen MR) is 332 cm³/mol. The lowest BCUT2D eigenvalue weighted by atomic mass is 9.86. The fourth-order valence-electron chi connectivity index (χ4n) is 14.2. The molecule has 0 heterocycles. The summed E-state index contributed by atoms with van der Waals surface area (Å²) in [7, 11) is 0. The zero-order valence-electron chi connectivity index (χ0n) is 49.3. The van der Waals surface area contributed by atoms with Crippen LogP contribution in [0.2, 0.25) is 0 Å². The van der Waals surface area contributed by atoms with E-state index in [-0.39, 0.29) is 173 Å². The molecule has 15 nitrogen and oxygen atoms in total. The third-order valence-corrected chi connectivity index (χ3v) is 20.3. The first-order chi connectivity index (χ1) is 37.4. The molecule has 0 N–H and O–H groups in total. The van der Waals surface area contributed by atoms with Crippen molar-refractivity contribution in [1.29, 1.82) is 0 Å². The van der Waals surface area contributed by atoms with Crippen LogP contribution in [0, 0.1) is 75.9 Å². The Hall–Kier alpha value is -3.30. The first-order valence-corrected chi connectivity index (χ1v) is 31.3. The molecule has 0 saturated heterocycles. The number of hydrogen-bond acceptors (Lipinski definition) is 15. The maximum Gasteiger partial charge on any atom is 0.311 e. The molecule has 0 aliphatic heterocycles. The van der Waals surface area contributed by atoms with Crippen LogP contribution in [0.25, 0.3) is 0 Å². The standard InChI is InChI=1S/C22H36O5.C21H34O5.C20H32O5.6CH4/c1-4-22(2,3)21(24)27-19-12-16-10-17(19)18(11-16)20(23)26-14-25-13-15-8-6-5-7-9-15;1-4-21(2,3)20(23)26-18-12-14-10-16(18)17(11-14)19(22)25-13-24-15-8-6-5-7-9-15;1-3-13(2)19(21)25-18-11-14-9-16(18)17(10-14)20(22)24-12-23-15-7-5-4-6-8-15;;;;;;/h15-19H,4-14H2,1-3H3;14-18H,4-13H2,1-3H3;13-18H,3-12H2,1-2H3;6*1H4. The van der Waals surface area contributed by atoms with Gasteiger partial charge in [-0.1, -0.05) is 130 Å². The summed E-state index contributed by atoms with van der Waals surface area (Å²) < 4.78 is 50.6. The van der Waals surface area contributed by atoms with E-state index in [0.717, 1.165) is 103 Å². The number of carbonyl (C=O) groups excluding carboxylic acids is 6. The molecule has 9 saturated carbocycles. The summed E-state index contributed by atoms with van der Waals surface area (Å²) in [6.07, 6.45) is 28.5. The lowest BCUT2D eigenvalue weighted by molar-refractivity contribution is -0.175. The van der Waals surface area contributed by atoms with Gasteiger partial charge in [-0.2, -0.15) is 0 Å². The molecule has 6 bridgehead atoms. The summed E-state index contributed by atoms with van der Waals surface area (Å²) in [5, 5.41) is 0. The van der Waals surface area contributed by atoms with Gasteiger partial charge in [-0.15, -0.1) is 0 Å². The molecule has 0 radical (unpaired) electrons. The number of fused-ring (bicyclic) bond motifs is 6. The molecule has 13 unspecified atom stereocenters. The van der Waals surface area contributed by atoms with Crippen molar-refractivity contribution in [2.24, 2.45) is 75.9 Å². The number of ether oxygens (including phenoxy) is 9.